The van der Waals surface area contributed by atoms with Crippen molar-refractivity contribution < 1.29 is 4.74 Å². The van der Waals surface area contributed by atoms with Crippen LogP contribution < -0.4 is 5.32 Å². The molecule has 0 aliphatic carbocycles. The van der Waals surface area contributed by atoms with Crippen LogP contribution in [-0.4, -0.2) is 18.6 Å². The quantitative estimate of drug-likeness (QED) is 0.866. The lowest BCUT2D eigenvalue weighted by molar-refractivity contribution is 0.220. The topological polar surface area (TPSA) is 34.2 Å². The van der Waals surface area contributed by atoms with Crippen LogP contribution in [0.25, 0.3) is 0 Å². The van der Waals surface area contributed by atoms with E-state index in [1.54, 1.807) is 0 Å². The highest BCUT2D eigenvalue weighted by Crippen LogP contribution is 2.29. The second-order valence-electron chi connectivity index (χ2n) is 4.32. The molecule has 2 heterocycles. The van der Waals surface area contributed by atoms with Crippen molar-refractivity contribution in [3.63, 3.8) is 0 Å². The third kappa shape index (κ3) is 2.67. The molecule has 0 aromatic carbocycles. The van der Waals surface area contributed by atoms with E-state index in [0.717, 1.165) is 25.9 Å². The average Bonchev–Trinajstić information content (AvgIpc) is 2.41. The van der Waals surface area contributed by atoms with Crippen LogP contribution in [0.15, 0.2) is 30.3 Å². The molecule has 1 aromatic rings. The van der Waals surface area contributed by atoms with Crippen molar-refractivity contribution >= 4 is 0 Å². The summed E-state index contributed by atoms with van der Waals surface area (Å²) in [5, 5.41) is 3.39. The Balaban J connectivity index is 2.31. The Kier molecular flexibility index (Phi) is 4.15. The molecule has 0 spiro atoms. The highest BCUT2D eigenvalue weighted by molar-refractivity contribution is 5.33. The number of nitrogens with zero attached hydrogens (tertiary/aromatic N) is 1. The molecule has 2 rings (SSSR count). The van der Waals surface area contributed by atoms with E-state index < -0.39 is 0 Å². The van der Waals surface area contributed by atoms with E-state index in [0.29, 0.717) is 0 Å². The van der Waals surface area contributed by atoms with Gasteiger partial charge in [-0.2, -0.15) is 0 Å². The predicted octanol–water partition coefficient (Wildman–Crippen LogP) is 2.60. The van der Waals surface area contributed by atoms with Gasteiger partial charge in [-0.1, -0.05) is 6.92 Å². The van der Waals surface area contributed by atoms with Crippen LogP contribution in [0, 0.1) is 0 Å². The number of ether oxygens (including phenoxy) is 1. The van der Waals surface area contributed by atoms with Gasteiger partial charge in [-0.05, 0) is 49.1 Å². The van der Waals surface area contributed by atoms with Crippen molar-refractivity contribution in [2.45, 2.75) is 32.2 Å². The minimum Gasteiger partial charge on any atom is -0.501 e. The molecule has 3 heteroatoms. The summed E-state index contributed by atoms with van der Waals surface area (Å²) in [4.78, 5) is 4.20. The minimum atomic E-state index is 0.258. The summed E-state index contributed by atoms with van der Waals surface area (Å²) in [5.41, 5.74) is 3.96. The number of nitrogens with one attached hydrogen (secondary N) is 1. The van der Waals surface area contributed by atoms with Gasteiger partial charge in [-0.3, -0.25) is 4.98 Å². The van der Waals surface area contributed by atoms with Crippen molar-refractivity contribution in [3.8, 4) is 0 Å². The van der Waals surface area contributed by atoms with Crippen LogP contribution in [0.1, 0.15) is 36.9 Å². The van der Waals surface area contributed by atoms with Crippen LogP contribution >= 0.6 is 0 Å². The molecule has 0 saturated carbocycles. The maximum Gasteiger partial charge on any atom is 0.0876 e. The van der Waals surface area contributed by atoms with Crippen molar-refractivity contribution in [1.82, 2.24) is 10.3 Å². The van der Waals surface area contributed by atoms with E-state index in [2.05, 4.69) is 23.3 Å². The molecule has 92 valence electrons. The van der Waals surface area contributed by atoms with E-state index in [4.69, 9.17) is 4.74 Å². The van der Waals surface area contributed by atoms with Crippen molar-refractivity contribution in [3.05, 3.63) is 41.4 Å². The summed E-state index contributed by atoms with van der Waals surface area (Å²) < 4.78 is 5.44. The molecule has 0 bridgehead atoms. The Morgan fingerprint density at radius 3 is 3.06 bits per heavy atom. The Bertz CT molecular complexity index is 401. The summed E-state index contributed by atoms with van der Waals surface area (Å²) in [7, 11) is 2.00. The molecule has 0 saturated heterocycles. The number of hydrogen-bond donors (Lipinski definition) is 1. The van der Waals surface area contributed by atoms with E-state index in [9.17, 15) is 0 Å². The van der Waals surface area contributed by atoms with Crippen LogP contribution in [0.3, 0.4) is 0 Å². The third-order valence-electron chi connectivity index (χ3n) is 3.26. The fourth-order valence-corrected chi connectivity index (χ4v) is 2.35. The number of hydrogen-bond acceptors (Lipinski definition) is 3. The van der Waals surface area contributed by atoms with Gasteiger partial charge in [-0.15, -0.1) is 0 Å². The first kappa shape index (κ1) is 12.1. The monoisotopic (exact) mass is 232 g/mol. The highest BCUT2D eigenvalue weighted by atomic mass is 16.5. The lowest BCUT2D eigenvalue weighted by atomic mass is 9.92. The maximum absolute atomic E-state index is 5.44. The Morgan fingerprint density at radius 2 is 2.41 bits per heavy atom. The zero-order chi connectivity index (χ0) is 12.1. The van der Waals surface area contributed by atoms with E-state index >= 15 is 0 Å². The van der Waals surface area contributed by atoms with E-state index in [1.165, 1.54) is 16.7 Å². The van der Waals surface area contributed by atoms with Gasteiger partial charge < -0.3 is 10.1 Å². The molecular formula is C14H20N2O. The van der Waals surface area contributed by atoms with Gasteiger partial charge >= 0.3 is 0 Å². The van der Waals surface area contributed by atoms with Crippen LogP contribution in [-0.2, 0) is 11.2 Å². The predicted molar refractivity (Wildman–Crippen MR) is 68.7 cm³/mol. The van der Waals surface area contributed by atoms with Gasteiger partial charge in [0.2, 0.25) is 0 Å². The molecular weight excluding hydrogens is 212 g/mol. The zero-order valence-corrected chi connectivity index (χ0v) is 10.6. The molecule has 1 aliphatic rings. The van der Waals surface area contributed by atoms with Gasteiger partial charge in [0.1, 0.15) is 0 Å². The van der Waals surface area contributed by atoms with Gasteiger partial charge in [0.15, 0.2) is 0 Å². The molecule has 0 fully saturated rings. The first-order valence-electron chi connectivity index (χ1n) is 6.27. The summed E-state index contributed by atoms with van der Waals surface area (Å²) >= 11 is 0. The molecule has 1 aliphatic heterocycles. The first-order chi connectivity index (χ1) is 8.36. The zero-order valence-electron chi connectivity index (χ0n) is 10.6. The largest absolute Gasteiger partial charge is 0.501 e. The Labute approximate surface area is 103 Å². The van der Waals surface area contributed by atoms with Crippen molar-refractivity contribution in [1.29, 1.82) is 0 Å². The first-order valence-corrected chi connectivity index (χ1v) is 6.27. The van der Waals surface area contributed by atoms with E-state index in [1.807, 2.05) is 25.7 Å². The standard InChI is InChI=1S/C14H20N2O/c1-3-11-9-16-7-6-13(11)14(15-2)12-5-4-8-17-10-12/h6-7,9-10,14-15H,3-5,8H2,1-2H3. The Morgan fingerprint density at radius 1 is 1.53 bits per heavy atom. The second kappa shape index (κ2) is 5.82. The van der Waals surface area contributed by atoms with Gasteiger partial charge in [0.05, 0.1) is 18.9 Å². The summed E-state index contributed by atoms with van der Waals surface area (Å²) in [6, 6.07) is 2.36. The van der Waals surface area contributed by atoms with Gasteiger partial charge in [0, 0.05) is 12.4 Å². The average molecular weight is 232 g/mol. The van der Waals surface area contributed by atoms with Crippen LogP contribution in [0.2, 0.25) is 0 Å². The highest BCUT2D eigenvalue weighted by Gasteiger charge is 2.19. The summed E-state index contributed by atoms with van der Waals surface area (Å²) in [5.74, 6) is 0. The number of pyridine rings is 1. The van der Waals surface area contributed by atoms with Gasteiger partial charge in [0.25, 0.3) is 0 Å². The number of aromatic nitrogens is 1. The molecule has 1 atom stereocenters. The number of rotatable bonds is 4. The summed E-state index contributed by atoms with van der Waals surface area (Å²) in [6.07, 6.45) is 8.97. The maximum atomic E-state index is 5.44. The SMILES string of the molecule is CCc1cnccc1C(NC)C1=COCCC1. The molecule has 17 heavy (non-hydrogen) atoms. The van der Waals surface area contributed by atoms with Crippen molar-refractivity contribution in [2.75, 3.05) is 13.7 Å². The van der Waals surface area contributed by atoms with E-state index in [-0.39, 0.29) is 6.04 Å². The van der Waals surface area contributed by atoms with Crippen molar-refractivity contribution in [2.24, 2.45) is 0 Å². The molecule has 3 nitrogen and oxygen atoms in total. The number of aryl methyl sites for hydroxylation is 1. The smallest absolute Gasteiger partial charge is 0.0876 e. The second-order valence-corrected chi connectivity index (χ2v) is 4.32. The fourth-order valence-electron chi connectivity index (χ4n) is 2.35. The molecule has 1 aromatic heterocycles. The third-order valence-corrected chi connectivity index (χ3v) is 3.26. The lowest BCUT2D eigenvalue weighted by Gasteiger charge is -2.24. The number of likely N-dealkylation sites (N-methyl/N-ethyl adjacent to an activating group) is 1. The molecule has 1 N–H and O–H groups in total. The minimum absolute atomic E-state index is 0.258. The molecule has 1 unspecified atom stereocenters. The van der Waals surface area contributed by atoms with Gasteiger partial charge in [-0.25, -0.2) is 0 Å². The van der Waals surface area contributed by atoms with Crippen LogP contribution in [0.4, 0.5) is 0 Å². The normalized spacial score (nSPS) is 17.2. The summed E-state index contributed by atoms with van der Waals surface area (Å²) in [6.45, 7) is 3.01. The molecule has 0 radical (unpaired) electrons. The Hall–Kier alpha value is -1.35. The fraction of sp³-hybridized carbons (Fsp3) is 0.500. The lowest BCUT2D eigenvalue weighted by Crippen LogP contribution is -2.22. The van der Waals surface area contributed by atoms with Crippen LogP contribution in [0.5, 0.6) is 0 Å². The molecule has 0 amide bonds.